The van der Waals surface area contributed by atoms with Crippen molar-refractivity contribution >= 4 is 34.2 Å². The Labute approximate surface area is 209 Å². The van der Waals surface area contributed by atoms with E-state index in [0.29, 0.717) is 43.2 Å². The first-order chi connectivity index (χ1) is 17.5. The molecule has 8 heteroatoms. The average Bonchev–Trinajstić information content (AvgIpc) is 3.44. The van der Waals surface area contributed by atoms with Gasteiger partial charge in [0.2, 0.25) is 0 Å². The van der Waals surface area contributed by atoms with Gasteiger partial charge in [0.05, 0.1) is 6.26 Å². The fourth-order valence-corrected chi connectivity index (χ4v) is 4.30. The van der Waals surface area contributed by atoms with Crippen molar-refractivity contribution in [3.8, 4) is 5.75 Å². The number of carbonyl (C=O) groups excluding carboxylic acids is 2. The third kappa shape index (κ3) is 5.02. The molecule has 184 valence electrons. The Morgan fingerprint density at radius 1 is 1.00 bits per heavy atom. The van der Waals surface area contributed by atoms with Gasteiger partial charge < -0.3 is 24.3 Å². The minimum absolute atomic E-state index is 0.0964. The Hall–Kier alpha value is -4.33. The molecule has 0 unspecified atom stereocenters. The van der Waals surface area contributed by atoms with E-state index in [1.165, 1.54) is 6.26 Å². The lowest BCUT2D eigenvalue weighted by molar-refractivity contribution is -0.118. The van der Waals surface area contributed by atoms with Gasteiger partial charge >= 0.3 is 0 Å². The number of pyridine rings is 1. The van der Waals surface area contributed by atoms with Crippen LogP contribution in [0.25, 0.3) is 10.9 Å². The maximum absolute atomic E-state index is 12.6. The number of piperazine rings is 1. The predicted octanol–water partition coefficient (Wildman–Crippen LogP) is 4.42. The molecule has 0 atom stereocenters. The number of furan rings is 1. The number of benzene rings is 2. The van der Waals surface area contributed by atoms with E-state index in [4.69, 9.17) is 14.1 Å². The quantitative estimate of drug-likeness (QED) is 0.436. The van der Waals surface area contributed by atoms with Gasteiger partial charge in [0.15, 0.2) is 12.4 Å². The molecular formula is C28H28N4O4. The van der Waals surface area contributed by atoms with Gasteiger partial charge in [-0.3, -0.25) is 9.59 Å². The van der Waals surface area contributed by atoms with Crippen LogP contribution in [0.15, 0.2) is 71.3 Å². The van der Waals surface area contributed by atoms with Gasteiger partial charge in [-0.2, -0.15) is 0 Å². The van der Waals surface area contributed by atoms with Crippen LogP contribution in [-0.2, 0) is 4.79 Å². The molecule has 1 fully saturated rings. The Morgan fingerprint density at radius 3 is 2.61 bits per heavy atom. The molecule has 1 N–H and O–H groups in total. The van der Waals surface area contributed by atoms with E-state index in [0.717, 1.165) is 28.0 Å². The molecule has 2 amide bonds. The average molecular weight is 485 g/mol. The number of ether oxygens (including phenoxy) is 1. The minimum Gasteiger partial charge on any atom is -0.481 e. The molecule has 3 heterocycles. The summed E-state index contributed by atoms with van der Waals surface area (Å²) < 4.78 is 11.1. The van der Waals surface area contributed by atoms with E-state index in [1.807, 2.05) is 62.4 Å². The second kappa shape index (κ2) is 10.1. The number of nitrogens with zero attached hydrogens (tertiary/aromatic N) is 3. The van der Waals surface area contributed by atoms with E-state index in [9.17, 15) is 9.59 Å². The zero-order chi connectivity index (χ0) is 25.1. The molecule has 5 rings (SSSR count). The highest BCUT2D eigenvalue weighted by Gasteiger charge is 2.24. The van der Waals surface area contributed by atoms with Crippen molar-refractivity contribution < 1.29 is 18.7 Å². The molecule has 1 aliphatic rings. The summed E-state index contributed by atoms with van der Waals surface area (Å²) >= 11 is 0. The third-order valence-electron chi connectivity index (χ3n) is 6.32. The van der Waals surface area contributed by atoms with Crippen molar-refractivity contribution in [3.05, 3.63) is 83.8 Å². The molecule has 0 bridgehead atoms. The van der Waals surface area contributed by atoms with E-state index in [2.05, 4.69) is 10.2 Å². The molecule has 8 nitrogen and oxygen atoms in total. The van der Waals surface area contributed by atoms with Crippen molar-refractivity contribution in [3.63, 3.8) is 0 Å². The summed E-state index contributed by atoms with van der Waals surface area (Å²) in [6.45, 7) is 6.30. The lowest BCUT2D eigenvalue weighted by Crippen LogP contribution is -2.49. The van der Waals surface area contributed by atoms with Gasteiger partial charge in [-0.05, 0) is 61.4 Å². The standard InChI is InChI=1S/C28H28N4O4/c1-19-8-9-20(2)22(17-19)29-26(33)18-36-23-6-3-5-21-10-11-25(30-27(21)23)31-12-14-32(15-13-31)28(34)24-7-4-16-35-24/h3-11,16-17H,12-15,18H2,1-2H3,(H,29,33). The van der Waals surface area contributed by atoms with Crippen LogP contribution in [0.1, 0.15) is 21.7 Å². The molecular weight excluding hydrogens is 456 g/mol. The smallest absolute Gasteiger partial charge is 0.289 e. The van der Waals surface area contributed by atoms with Crippen LogP contribution in [-0.4, -0.2) is 54.5 Å². The fraction of sp³-hybridized carbons (Fsp3) is 0.250. The van der Waals surface area contributed by atoms with Crippen molar-refractivity contribution in [1.29, 1.82) is 0 Å². The number of aromatic nitrogens is 1. The van der Waals surface area contributed by atoms with Crippen molar-refractivity contribution in [2.45, 2.75) is 13.8 Å². The van der Waals surface area contributed by atoms with Crippen LogP contribution in [0.3, 0.4) is 0 Å². The van der Waals surface area contributed by atoms with Crippen LogP contribution in [0, 0.1) is 13.8 Å². The first-order valence-corrected chi connectivity index (χ1v) is 12.0. The summed E-state index contributed by atoms with van der Waals surface area (Å²) in [5, 5.41) is 3.85. The fourth-order valence-electron chi connectivity index (χ4n) is 4.30. The number of carbonyl (C=O) groups is 2. The van der Waals surface area contributed by atoms with Crippen molar-refractivity contribution in [2.24, 2.45) is 0 Å². The van der Waals surface area contributed by atoms with Crippen LogP contribution in [0.5, 0.6) is 5.75 Å². The van der Waals surface area contributed by atoms with Crippen LogP contribution >= 0.6 is 0 Å². The molecule has 0 saturated carbocycles. The number of fused-ring (bicyclic) bond motifs is 1. The molecule has 2 aromatic heterocycles. The highest BCUT2D eigenvalue weighted by molar-refractivity contribution is 5.93. The number of hydrogen-bond donors (Lipinski definition) is 1. The normalized spacial score (nSPS) is 13.6. The van der Waals surface area contributed by atoms with Gasteiger partial charge in [0.1, 0.15) is 17.1 Å². The topological polar surface area (TPSA) is 87.9 Å². The maximum atomic E-state index is 12.6. The van der Waals surface area contributed by atoms with Crippen molar-refractivity contribution in [2.75, 3.05) is 43.0 Å². The highest BCUT2D eigenvalue weighted by Crippen LogP contribution is 2.27. The SMILES string of the molecule is Cc1ccc(C)c(NC(=O)COc2cccc3ccc(N4CCN(C(=O)c5ccco5)CC4)nc23)c1. The third-order valence-corrected chi connectivity index (χ3v) is 6.32. The number of amides is 2. The van der Waals surface area contributed by atoms with E-state index in [-0.39, 0.29) is 18.4 Å². The summed E-state index contributed by atoms with van der Waals surface area (Å²) in [6, 6.07) is 19.0. The molecule has 2 aromatic carbocycles. The van der Waals surface area contributed by atoms with Gasteiger partial charge in [-0.1, -0.05) is 24.3 Å². The van der Waals surface area contributed by atoms with E-state index < -0.39 is 0 Å². The Bertz CT molecular complexity index is 1390. The number of rotatable bonds is 6. The summed E-state index contributed by atoms with van der Waals surface area (Å²) in [4.78, 5) is 33.9. The largest absolute Gasteiger partial charge is 0.481 e. The summed E-state index contributed by atoms with van der Waals surface area (Å²) in [5.41, 5.74) is 3.56. The monoisotopic (exact) mass is 484 g/mol. The lowest BCUT2D eigenvalue weighted by atomic mass is 10.1. The lowest BCUT2D eigenvalue weighted by Gasteiger charge is -2.35. The number of anilines is 2. The predicted molar refractivity (Wildman–Crippen MR) is 139 cm³/mol. The molecule has 4 aromatic rings. The first-order valence-electron chi connectivity index (χ1n) is 12.0. The van der Waals surface area contributed by atoms with Crippen molar-refractivity contribution in [1.82, 2.24) is 9.88 Å². The Kier molecular flexibility index (Phi) is 6.58. The van der Waals surface area contributed by atoms with Gasteiger partial charge in [0.25, 0.3) is 11.8 Å². The Morgan fingerprint density at radius 2 is 1.83 bits per heavy atom. The molecule has 0 spiro atoms. The highest BCUT2D eigenvalue weighted by atomic mass is 16.5. The minimum atomic E-state index is -0.228. The first kappa shape index (κ1) is 23.4. The molecule has 36 heavy (non-hydrogen) atoms. The second-order valence-electron chi connectivity index (χ2n) is 8.91. The number of hydrogen-bond acceptors (Lipinski definition) is 6. The van der Waals surface area contributed by atoms with Crippen LogP contribution in [0.2, 0.25) is 0 Å². The zero-order valence-corrected chi connectivity index (χ0v) is 20.4. The van der Waals surface area contributed by atoms with Gasteiger partial charge in [0, 0.05) is 37.3 Å². The maximum Gasteiger partial charge on any atom is 0.289 e. The summed E-state index contributed by atoms with van der Waals surface area (Å²) in [6.07, 6.45) is 1.51. The van der Waals surface area contributed by atoms with Gasteiger partial charge in [-0.15, -0.1) is 0 Å². The van der Waals surface area contributed by atoms with Crippen LogP contribution < -0.4 is 15.0 Å². The summed E-state index contributed by atoms with van der Waals surface area (Å²) in [5.74, 6) is 1.39. The molecule has 0 aliphatic carbocycles. The molecule has 1 saturated heterocycles. The number of para-hydroxylation sites is 1. The van der Waals surface area contributed by atoms with Crippen LogP contribution in [0.4, 0.5) is 11.5 Å². The number of aryl methyl sites for hydroxylation is 2. The molecule has 0 radical (unpaired) electrons. The molecule has 1 aliphatic heterocycles. The summed E-state index contributed by atoms with van der Waals surface area (Å²) in [7, 11) is 0. The van der Waals surface area contributed by atoms with E-state index >= 15 is 0 Å². The zero-order valence-electron chi connectivity index (χ0n) is 20.4. The van der Waals surface area contributed by atoms with E-state index in [1.54, 1.807) is 17.0 Å². The Balaban J connectivity index is 1.26. The van der Waals surface area contributed by atoms with Gasteiger partial charge in [-0.25, -0.2) is 4.98 Å². The number of nitrogens with one attached hydrogen (secondary N) is 1. The second-order valence-corrected chi connectivity index (χ2v) is 8.91.